The number of rotatable bonds is 6. The number of alkyl halides is 3. The molecule has 0 aliphatic carbocycles. The van der Waals surface area contributed by atoms with Crippen molar-refractivity contribution in [2.24, 2.45) is 4.99 Å². The summed E-state index contributed by atoms with van der Waals surface area (Å²) in [6, 6.07) is 7.70. The summed E-state index contributed by atoms with van der Waals surface area (Å²) in [4.78, 5) is 17.6. The van der Waals surface area contributed by atoms with E-state index in [1.165, 1.54) is 12.1 Å². The molecule has 0 radical (unpaired) electrons. The normalized spacial score (nSPS) is 14.8. The number of hydrogen-bond donors (Lipinski definition) is 1. The largest absolute Gasteiger partial charge is 0.573 e. The Morgan fingerprint density at radius 1 is 1.10 bits per heavy atom. The third-order valence-corrected chi connectivity index (χ3v) is 4.57. The highest BCUT2D eigenvalue weighted by molar-refractivity contribution is 14.0. The number of nitrogens with zero attached hydrogens (tertiary/aromatic N) is 5. The van der Waals surface area contributed by atoms with Gasteiger partial charge in [0.05, 0.1) is 0 Å². The standard InChI is InChI=1S/C20H25F3N6O.HI/c1-2-24-18(28-12-14-29(15-13-28)19-25-9-3-10-26-19)27-11-8-16-4-6-17(7-5-16)30-20(21,22)23;/h3-7,9-10H,2,8,11-15H2,1H3,(H,24,27);1H. The zero-order chi connectivity index (χ0) is 21.4. The average molecular weight is 550 g/mol. The number of piperazine rings is 1. The summed E-state index contributed by atoms with van der Waals surface area (Å²) in [5.41, 5.74) is 0.898. The molecule has 1 saturated heterocycles. The molecular weight excluding hydrogens is 524 g/mol. The van der Waals surface area contributed by atoms with Gasteiger partial charge < -0.3 is 19.9 Å². The molecular formula is C20H26F3IN6O. The van der Waals surface area contributed by atoms with E-state index in [1.54, 1.807) is 30.6 Å². The van der Waals surface area contributed by atoms with E-state index >= 15 is 0 Å². The van der Waals surface area contributed by atoms with Crippen molar-refractivity contribution >= 4 is 35.9 Å². The van der Waals surface area contributed by atoms with Gasteiger partial charge >= 0.3 is 6.36 Å². The lowest BCUT2D eigenvalue weighted by molar-refractivity contribution is -0.274. The number of hydrogen-bond acceptors (Lipinski definition) is 5. The summed E-state index contributed by atoms with van der Waals surface area (Å²) in [5.74, 6) is 1.35. The first-order chi connectivity index (χ1) is 14.4. The second-order valence-electron chi connectivity index (χ2n) is 6.70. The fraction of sp³-hybridized carbons (Fsp3) is 0.450. The monoisotopic (exact) mass is 550 g/mol. The summed E-state index contributed by atoms with van der Waals surface area (Å²) in [6.45, 7) is 6.50. The maximum atomic E-state index is 12.2. The highest BCUT2D eigenvalue weighted by Crippen LogP contribution is 2.22. The summed E-state index contributed by atoms with van der Waals surface area (Å²) < 4.78 is 40.6. The lowest BCUT2D eigenvalue weighted by Crippen LogP contribution is -2.53. The molecule has 1 fully saturated rings. The van der Waals surface area contributed by atoms with E-state index in [1.807, 2.05) is 6.92 Å². The fourth-order valence-electron chi connectivity index (χ4n) is 3.15. The Morgan fingerprint density at radius 3 is 2.32 bits per heavy atom. The number of halogens is 4. The number of benzene rings is 1. The van der Waals surface area contributed by atoms with Gasteiger partial charge in [-0.1, -0.05) is 12.1 Å². The van der Waals surface area contributed by atoms with Gasteiger partial charge in [-0.25, -0.2) is 9.97 Å². The summed E-state index contributed by atoms with van der Waals surface area (Å²) in [6.07, 6.45) is -0.577. The minimum atomic E-state index is -4.68. The van der Waals surface area contributed by atoms with Crippen molar-refractivity contribution in [1.82, 2.24) is 20.2 Å². The number of anilines is 1. The Labute approximate surface area is 196 Å². The predicted octanol–water partition coefficient (Wildman–Crippen LogP) is 3.32. The van der Waals surface area contributed by atoms with Gasteiger partial charge in [-0.3, -0.25) is 4.99 Å². The summed E-state index contributed by atoms with van der Waals surface area (Å²) >= 11 is 0. The first-order valence-corrected chi connectivity index (χ1v) is 9.84. The SMILES string of the molecule is CCNC(=NCCc1ccc(OC(F)(F)F)cc1)N1CCN(c2ncccn2)CC1.I. The molecule has 0 spiro atoms. The van der Waals surface area contributed by atoms with Gasteiger partial charge in [-0.05, 0) is 37.1 Å². The van der Waals surface area contributed by atoms with Crippen LogP contribution in [0, 0.1) is 0 Å². The molecule has 2 heterocycles. The van der Waals surface area contributed by atoms with E-state index < -0.39 is 6.36 Å². The molecule has 11 heteroatoms. The molecule has 7 nitrogen and oxygen atoms in total. The maximum absolute atomic E-state index is 12.2. The number of nitrogens with one attached hydrogen (secondary N) is 1. The van der Waals surface area contributed by atoms with Gasteiger partial charge in [0, 0.05) is 51.7 Å². The van der Waals surface area contributed by atoms with Crippen molar-refractivity contribution in [2.45, 2.75) is 19.7 Å². The summed E-state index contributed by atoms with van der Waals surface area (Å²) in [7, 11) is 0. The van der Waals surface area contributed by atoms with Gasteiger partial charge in [0.2, 0.25) is 5.95 Å². The van der Waals surface area contributed by atoms with E-state index in [0.717, 1.165) is 50.2 Å². The number of guanidine groups is 1. The highest BCUT2D eigenvalue weighted by Gasteiger charge is 2.30. The third kappa shape index (κ3) is 8.04. The number of aliphatic imine (C=N–C) groups is 1. The van der Waals surface area contributed by atoms with Crippen LogP contribution >= 0.6 is 24.0 Å². The Balaban J connectivity index is 0.00000341. The zero-order valence-corrected chi connectivity index (χ0v) is 19.5. The minimum absolute atomic E-state index is 0. The Bertz CT molecular complexity index is 812. The van der Waals surface area contributed by atoms with Crippen LogP contribution in [-0.2, 0) is 6.42 Å². The van der Waals surface area contributed by atoms with Crippen LogP contribution < -0.4 is 15.0 Å². The second kappa shape index (κ2) is 11.9. The molecule has 0 unspecified atom stereocenters. The molecule has 1 aliphatic heterocycles. The minimum Gasteiger partial charge on any atom is -0.406 e. The van der Waals surface area contributed by atoms with E-state index in [9.17, 15) is 13.2 Å². The smallest absolute Gasteiger partial charge is 0.406 e. The van der Waals surface area contributed by atoms with Crippen LogP contribution in [0.2, 0.25) is 0 Å². The zero-order valence-electron chi connectivity index (χ0n) is 17.2. The first-order valence-electron chi connectivity index (χ1n) is 9.84. The van der Waals surface area contributed by atoms with Crippen LogP contribution in [0.15, 0.2) is 47.7 Å². The predicted molar refractivity (Wildman–Crippen MR) is 124 cm³/mol. The van der Waals surface area contributed by atoms with Crippen LogP contribution in [0.5, 0.6) is 5.75 Å². The average Bonchev–Trinajstić information content (AvgIpc) is 2.74. The molecule has 2 aromatic rings. The molecule has 0 saturated carbocycles. The topological polar surface area (TPSA) is 65.9 Å². The van der Waals surface area contributed by atoms with Crippen LogP contribution in [-0.4, -0.2) is 66.5 Å². The number of ether oxygens (including phenoxy) is 1. The van der Waals surface area contributed by atoms with Gasteiger partial charge in [0.1, 0.15) is 5.75 Å². The van der Waals surface area contributed by atoms with Crippen LogP contribution in [0.4, 0.5) is 19.1 Å². The molecule has 1 N–H and O–H groups in total. The molecule has 1 aromatic carbocycles. The van der Waals surface area contributed by atoms with Gasteiger partial charge in [-0.2, -0.15) is 0 Å². The first kappa shape index (κ1) is 25.0. The molecule has 0 amide bonds. The van der Waals surface area contributed by atoms with Crippen LogP contribution in [0.25, 0.3) is 0 Å². The van der Waals surface area contributed by atoms with Gasteiger partial charge in [0.25, 0.3) is 0 Å². The van der Waals surface area contributed by atoms with Crippen molar-refractivity contribution in [3.63, 3.8) is 0 Å². The van der Waals surface area contributed by atoms with E-state index in [4.69, 9.17) is 0 Å². The van der Waals surface area contributed by atoms with Crippen molar-refractivity contribution < 1.29 is 17.9 Å². The van der Waals surface area contributed by atoms with E-state index in [0.29, 0.717) is 13.0 Å². The second-order valence-corrected chi connectivity index (χ2v) is 6.70. The van der Waals surface area contributed by atoms with Crippen molar-refractivity contribution in [3.8, 4) is 5.75 Å². The molecule has 31 heavy (non-hydrogen) atoms. The van der Waals surface area contributed by atoms with Crippen LogP contribution in [0.3, 0.4) is 0 Å². The molecule has 3 rings (SSSR count). The third-order valence-electron chi connectivity index (χ3n) is 4.57. The molecule has 1 aromatic heterocycles. The van der Waals surface area contributed by atoms with Crippen molar-refractivity contribution in [3.05, 3.63) is 48.3 Å². The van der Waals surface area contributed by atoms with Crippen LogP contribution in [0.1, 0.15) is 12.5 Å². The molecule has 1 aliphatic rings. The molecule has 170 valence electrons. The lowest BCUT2D eigenvalue weighted by atomic mass is 10.1. The molecule has 0 atom stereocenters. The van der Waals surface area contributed by atoms with Crippen molar-refractivity contribution in [2.75, 3.05) is 44.2 Å². The fourth-order valence-corrected chi connectivity index (χ4v) is 3.15. The van der Waals surface area contributed by atoms with Gasteiger partial charge in [-0.15, -0.1) is 37.1 Å². The maximum Gasteiger partial charge on any atom is 0.573 e. The Kier molecular flexibility index (Phi) is 9.59. The summed E-state index contributed by atoms with van der Waals surface area (Å²) in [5, 5.41) is 3.31. The lowest BCUT2D eigenvalue weighted by Gasteiger charge is -2.36. The van der Waals surface area contributed by atoms with Crippen molar-refractivity contribution in [1.29, 1.82) is 0 Å². The Morgan fingerprint density at radius 2 is 1.74 bits per heavy atom. The van der Waals surface area contributed by atoms with E-state index in [-0.39, 0.29) is 29.7 Å². The number of aromatic nitrogens is 2. The Hall–Kier alpha value is -2.31. The molecule has 0 bridgehead atoms. The van der Waals surface area contributed by atoms with E-state index in [2.05, 4.69) is 34.8 Å². The highest BCUT2D eigenvalue weighted by atomic mass is 127. The van der Waals surface area contributed by atoms with Gasteiger partial charge in [0.15, 0.2) is 5.96 Å². The quantitative estimate of drug-likeness (QED) is 0.339.